The van der Waals surface area contributed by atoms with E-state index in [1.165, 1.54) is 5.56 Å². The topological polar surface area (TPSA) is 74.3 Å². The summed E-state index contributed by atoms with van der Waals surface area (Å²) in [5, 5.41) is 6.72. The van der Waals surface area contributed by atoms with E-state index in [9.17, 15) is 0 Å². The molecular formula is C22H28IN5O. The largest absolute Gasteiger partial charge is 0.488 e. The molecule has 1 aromatic heterocycles. The Labute approximate surface area is 188 Å². The Balaban J connectivity index is 0.00000240. The van der Waals surface area contributed by atoms with Crippen molar-refractivity contribution in [3.63, 3.8) is 0 Å². The lowest BCUT2D eigenvalue weighted by molar-refractivity contribution is 0.241. The summed E-state index contributed by atoms with van der Waals surface area (Å²) < 4.78 is 5.97. The highest BCUT2D eigenvalue weighted by Gasteiger charge is 2.21. The van der Waals surface area contributed by atoms with Gasteiger partial charge in [0.2, 0.25) is 0 Å². The van der Waals surface area contributed by atoms with E-state index >= 15 is 0 Å². The number of ether oxygens (including phenoxy) is 1. The Hall–Kier alpha value is -2.29. The number of aromatic nitrogens is 2. The molecule has 2 heterocycles. The number of hydrogen-bond donors (Lipinski definition) is 3. The van der Waals surface area contributed by atoms with Crippen molar-refractivity contribution in [3.05, 3.63) is 59.9 Å². The average Bonchev–Trinajstić information content (AvgIpc) is 3.32. The number of aliphatic imine (C=N–C) groups is 1. The standard InChI is InChI=1S/C22H27N5O.HI/c1-2-23-22(25-15-17-14-16-8-3-6-11-20(16)28-17)24-13-7-12-21-26-18-9-4-5-10-19(18)27-21;/h3-6,8-11,17H,2,7,12-15H2,1H3,(H,26,27)(H2,23,24,25);1H. The van der Waals surface area contributed by atoms with E-state index in [4.69, 9.17) is 9.73 Å². The summed E-state index contributed by atoms with van der Waals surface area (Å²) in [6, 6.07) is 16.4. The van der Waals surface area contributed by atoms with Crippen molar-refractivity contribution in [2.75, 3.05) is 19.6 Å². The minimum absolute atomic E-state index is 0. The molecule has 0 radical (unpaired) electrons. The van der Waals surface area contributed by atoms with Gasteiger partial charge in [0.1, 0.15) is 17.7 Å². The Morgan fingerprint density at radius 3 is 2.83 bits per heavy atom. The number of halogens is 1. The molecule has 1 aliphatic rings. The molecule has 1 unspecified atom stereocenters. The van der Waals surface area contributed by atoms with Crippen LogP contribution in [-0.2, 0) is 12.8 Å². The van der Waals surface area contributed by atoms with E-state index in [2.05, 4.69) is 45.7 Å². The second-order valence-corrected chi connectivity index (χ2v) is 7.00. The lowest BCUT2D eigenvalue weighted by Gasteiger charge is -2.13. The number of nitrogens with zero attached hydrogens (tertiary/aromatic N) is 2. The Morgan fingerprint density at radius 1 is 1.17 bits per heavy atom. The molecule has 0 amide bonds. The van der Waals surface area contributed by atoms with Gasteiger partial charge in [0.05, 0.1) is 17.6 Å². The van der Waals surface area contributed by atoms with Gasteiger partial charge in [0.15, 0.2) is 5.96 Å². The predicted molar refractivity (Wildman–Crippen MR) is 128 cm³/mol. The third kappa shape index (κ3) is 5.62. The van der Waals surface area contributed by atoms with Crippen LogP contribution < -0.4 is 15.4 Å². The number of para-hydroxylation sites is 3. The molecule has 154 valence electrons. The number of fused-ring (bicyclic) bond motifs is 2. The van der Waals surface area contributed by atoms with Gasteiger partial charge in [-0.15, -0.1) is 24.0 Å². The van der Waals surface area contributed by atoms with Gasteiger partial charge >= 0.3 is 0 Å². The first-order valence-corrected chi connectivity index (χ1v) is 10.0. The molecule has 0 bridgehead atoms. The molecule has 0 saturated heterocycles. The fourth-order valence-corrected chi connectivity index (χ4v) is 3.48. The Morgan fingerprint density at radius 2 is 2.00 bits per heavy atom. The van der Waals surface area contributed by atoms with Gasteiger partial charge in [-0.3, -0.25) is 0 Å². The van der Waals surface area contributed by atoms with Gasteiger partial charge in [-0.2, -0.15) is 0 Å². The molecule has 29 heavy (non-hydrogen) atoms. The van der Waals surface area contributed by atoms with E-state index in [-0.39, 0.29) is 30.1 Å². The van der Waals surface area contributed by atoms with Gasteiger partial charge < -0.3 is 20.4 Å². The van der Waals surface area contributed by atoms with Crippen molar-refractivity contribution >= 4 is 41.0 Å². The smallest absolute Gasteiger partial charge is 0.191 e. The zero-order valence-corrected chi connectivity index (χ0v) is 19.0. The maximum absolute atomic E-state index is 5.97. The summed E-state index contributed by atoms with van der Waals surface area (Å²) in [6.07, 6.45) is 2.92. The molecule has 0 fully saturated rings. The van der Waals surface area contributed by atoms with E-state index in [0.717, 1.165) is 60.9 Å². The number of hydrogen-bond acceptors (Lipinski definition) is 3. The van der Waals surface area contributed by atoms with Crippen LogP contribution in [0.15, 0.2) is 53.5 Å². The highest BCUT2D eigenvalue weighted by atomic mass is 127. The van der Waals surface area contributed by atoms with Gasteiger partial charge in [-0.05, 0) is 37.1 Å². The summed E-state index contributed by atoms with van der Waals surface area (Å²) in [4.78, 5) is 12.7. The first-order chi connectivity index (χ1) is 13.8. The molecule has 0 aliphatic carbocycles. The molecule has 1 aliphatic heterocycles. The first kappa shape index (κ1) is 21.4. The third-order valence-electron chi connectivity index (χ3n) is 4.83. The number of aromatic amines is 1. The highest BCUT2D eigenvalue weighted by Crippen LogP contribution is 2.28. The lowest BCUT2D eigenvalue weighted by atomic mass is 10.1. The van der Waals surface area contributed by atoms with Gasteiger partial charge in [-0.25, -0.2) is 9.98 Å². The van der Waals surface area contributed by atoms with Crippen molar-refractivity contribution in [1.29, 1.82) is 0 Å². The summed E-state index contributed by atoms with van der Waals surface area (Å²) in [6.45, 7) is 4.40. The number of nitrogens with one attached hydrogen (secondary N) is 3. The predicted octanol–water partition coefficient (Wildman–Crippen LogP) is 3.67. The highest BCUT2D eigenvalue weighted by molar-refractivity contribution is 14.0. The van der Waals surface area contributed by atoms with Crippen LogP contribution in [0.2, 0.25) is 0 Å². The van der Waals surface area contributed by atoms with E-state index < -0.39 is 0 Å². The van der Waals surface area contributed by atoms with Crippen molar-refractivity contribution in [2.45, 2.75) is 32.3 Å². The van der Waals surface area contributed by atoms with Crippen molar-refractivity contribution < 1.29 is 4.74 Å². The molecule has 6 nitrogen and oxygen atoms in total. The number of benzene rings is 2. The van der Waals surface area contributed by atoms with Crippen LogP contribution >= 0.6 is 24.0 Å². The second-order valence-electron chi connectivity index (χ2n) is 7.00. The van der Waals surface area contributed by atoms with Crippen LogP contribution in [0.5, 0.6) is 5.75 Å². The maximum Gasteiger partial charge on any atom is 0.191 e. The maximum atomic E-state index is 5.97. The minimum Gasteiger partial charge on any atom is -0.488 e. The summed E-state index contributed by atoms with van der Waals surface area (Å²) >= 11 is 0. The number of H-pyrrole nitrogens is 1. The molecule has 0 saturated carbocycles. The number of aryl methyl sites for hydroxylation is 1. The fourth-order valence-electron chi connectivity index (χ4n) is 3.48. The number of rotatable bonds is 7. The monoisotopic (exact) mass is 505 g/mol. The molecule has 3 N–H and O–H groups in total. The third-order valence-corrected chi connectivity index (χ3v) is 4.83. The number of imidazole rings is 1. The van der Waals surface area contributed by atoms with E-state index in [1.54, 1.807) is 0 Å². The van der Waals surface area contributed by atoms with Crippen molar-refractivity contribution in [3.8, 4) is 5.75 Å². The van der Waals surface area contributed by atoms with Crippen LogP contribution in [0, 0.1) is 0 Å². The van der Waals surface area contributed by atoms with E-state index in [0.29, 0.717) is 6.54 Å². The quantitative estimate of drug-likeness (QED) is 0.198. The van der Waals surface area contributed by atoms with Crippen LogP contribution in [0.1, 0.15) is 24.7 Å². The zero-order valence-electron chi connectivity index (χ0n) is 16.6. The minimum atomic E-state index is 0. The van der Waals surface area contributed by atoms with Crippen LogP contribution in [-0.4, -0.2) is 41.7 Å². The Bertz CT molecular complexity index is 897. The molecule has 1 atom stereocenters. The molecule has 4 rings (SSSR count). The van der Waals surface area contributed by atoms with Crippen LogP contribution in [0.3, 0.4) is 0 Å². The average molecular weight is 505 g/mol. The second kappa shape index (κ2) is 10.5. The normalized spacial score (nSPS) is 15.5. The van der Waals surface area contributed by atoms with Gasteiger partial charge in [0, 0.05) is 25.9 Å². The van der Waals surface area contributed by atoms with Crippen molar-refractivity contribution in [2.24, 2.45) is 4.99 Å². The van der Waals surface area contributed by atoms with Crippen molar-refractivity contribution in [1.82, 2.24) is 20.6 Å². The molecule has 3 aromatic rings. The van der Waals surface area contributed by atoms with Crippen LogP contribution in [0.25, 0.3) is 11.0 Å². The fraction of sp³-hybridized carbons (Fsp3) is 0.364. The summed E-state index contributed by atoms with van der Waals surface area (Å²) in [5.74, 6) is 2.86. The number of guanidine groups is 1. The summed E-state index contributed by atoms with van der Waals surface area (Å²) in [7, 11) is 0. The van der Waals surface area contributed by atoms with Gasteiger partial charge in [-0.1, -0.05) is 30.3 Å². The lowest BCUT2D eigenvalue weighted by Crippen LogP contribution is -2.38. The molecule has 2 aromatic carbocycles. The van der Waals surface area contributed by atoms with Gasteiger partial charge in [0.25, 0.3) is 0 Å². The molecule has 7 heteroatoms. The zero-order chi connectivity index (χ0) is 19.2. The molecule has 0 spiro atoms. The molecular weight excluding hydrogens is 477 g/mol. The van der Waals surface area contributed by atoms with Crippen LogP contribution in [0.4, 0.5) is 0 Å². The Kier molecular flexibility index (Phi) is 7.74. The first-order valence-electron chi connectivity index (χ1n) is 10.0. The summed E-state index contributed by atoms with van der Waals surface area (Å²) in [5.41, 5.74) is 3.39. The SMILES string of the molecule is CCNC(=NCC1Cc2ccccc2O1)NCCCc1nc2ccccc2[nH]1.I. The van der Waals surface area contributed by atoms with E-state index in [1.807, 2.05) is 30.3 Å².